The smallest absolute Gasteiger partial charge is 0.231 e. The number of anilines is 1. The van der Waals surface area contributed by atoms with E-state index in [1.165, 1.54) is 11.3 Å². The highest BCUT2D eigenvalue weighted by molar-refractivity contribution is 7.13. The molecule has 0 radical (unpaired) electrons. The molecule has 0 aliphatic carbocycles. The van der Waals surface area contributed by atoms with Crippen LogP contribution in [0.5, 0.6) is 11.5 Å². The number of rotatable bonds is 8. The predicted octanol–water partition coefficient (Wildman–Crippen LogP) is 3.05. The summed E-state index contributed by atoms with van der Waals surface area (Å²) in [7, 11) is 3.19. The van der Waals surface area contributed by atoms with E-state index in [-0.39, 0.29) is 18.2 Å². The van der Waals surface area contributed by atoms with Gasteiger partial charge < -0.3 is 20.1 Å². The molecule has 0 aliphatic heterocycles. The molecule has 1 heterocycles. The van der Waals surface area contributed by atoms with Crippen LogP contribution in [0.3, 0.4) is 0 Å². The highest BCUT2D eigenvalue weighted by Crippen LogP contribution is 2.27. The lowest BCUT2D eigenvalue weighted by Gasteiger charge is -2.15. The summed E-state index contributed by atoms with van der Waals surface area (Å²) in [5.74, 6) is 1.12. The van der Waals surface area contributed by atoms with Gasteiger partial charge in [0.25, 0.3) is 0 Å². The van der Waals surface area contributed by atoms with Crippen LogP contribution in [-0.4, -0.2) is 37.6 Å². The minimum absolute atomic E-state index is 0.104. The second kappa shape index (κ2) is 9.54. The van der Waals surface area contributed by atoms with Crippen molar-refractivity contribution in [3.8, 4) is 11.5 Å². The minimum atomic E-state index is -0.493. The third kappa shape index (κ3) is 6.23. The average molecular weight is 406 g/mol. The molecule has 2 rings (SSSR count). The van der Waals surface area contributed by atoms with Crippen LogP contribution in [0.2, 0.25) is 0 Å². The van der Waals surface area contributed by atoms with Crippen molar-refractivity contribution in [1.29, 1.82) is 0 Å². The molecule has 152 valence electrons. The van der Waals surface area contributed by atoms with Crippen molar-refractivity contribution < 1.29 is 19.1 Å². The maximum atomic E-state index is 12.1. The average Bonchev–Trinajstić information content (AvgIpc) is 3.07. The van der Waals surface area contributed by atoms with Gasteiger partial charge >= 0.3 is 0 Å². The van der Waals surface area contributed by atoms with Gasteiger partial charge in [-0.2, -0.15) is 0 Å². The molecule has 8 heteroatoms. The Labute approximate surface area is 169 Å². The summed E-state index contributed by atoms with van der Waals surface area (Å²) in [5.41, 5.74) is 1.18. The molecule has 2 amide bonds. The largest absolute Gasteiger partial charge is 0.493 e. The number of amides is 2. The van der Waals surface area contributed by atoms with Crippen molar-refractivity contribution in [2.24, 2.45) is 5.41 Å². The number of carbonyl (C=O) groups is 2. The van der Waals surface area contributed by atoms with Gasteiger partial charge in [-0.1, -0.05) is 26.8 Å². The summed E-state index contributed by atoms with van der Waals surface area (Å²) >= 11 is 1.32. The summed E-state index contributed by atoms with van der Waals surface area (Å²) in [6.07, 6.45) is 0.851. The van der Waals surface area contributed by atoms with Crippen molar-refractivity contribution in [3.05, 3.63) is 34.8 Å². The van der Waals surface area contributed by atoms with Crippen LogP contribution in [0.4, 0.5) is 5.13 Å². The van der Waals surface area contributed by atoms with Gasteiger partial charge in [0.15, 0.2) is 16.6 Å². The summed E-state index contributed by atoms with van der Waals surface area (Å²) in [4.78, 5) is 28.4. The highest BCUT2D eigenvalue weighted by Gasteiger charge is 2.22. The first-order chi connectivity index (χ1) is 13.2. The molecule has 0 atom stereocenters. The lowest BCUT2D eigenvalue weighted by Crippen LogP contribution is -2.28. The van der Waals surface area contributed by atoms with E-state index in [0.29, 0.717) is 35.3 Å². The number of ether oxygens (including phenoxy) is 2. The van der Waals surface area contributed by atoms with Crippen LogP contribution in [0, 0.1) is 5.41 Å². The third-order valence-corrected chi connectivity index (χ3v) is 4.79. The number of aromatic nitrogens is 1. The topological polar surface area (TPSA) is 89.6 Å². The SMILES string of the molecule is COc1ccc(CCNC(=O)Cc2csc(NC(=O)C(C)(C)C)n2)cc1OC. The number of nitrogens with one attached hydrogen (secondary N) is 2. The number of methoxy groups -OCH3 is 2. The van der Waals surface area contributed by atoms with Crippen LogP contribution in [0.25, 0.3) is 0 Å². The maximum absolute atomic E-state index is 12.1. The zero-order valence-corrected chi connectivity index (χ0v) is 17.7. The Balaban J connectivity index is 1.81. The second-order valence-corrected chi connectivity index (χ2v) is 8.17. The van der Waals surface area contributed by atoms with Crippen LogP contribution in [0.1, 0.15) is 32.0 Å². The van der Waals surface area contributed by atoms with E-state index in [1.54, 1.807) is 19.6 Å². The van der Waals surface area contributed by atoms with Crippen molar-refractivity contribution in [1.82, 2.24) is 10.3 Å². The van der Waals surface area contributed by atoms with E-state index in [9.17, 15) is 9.59 Å². The normalized spacial score (nSPS) is 11.0. The third-order valence-electron chi connectivity index (χ3n) is 3.98. The summed E-state index contributed by atoms with van der Waals surface area (Å²) in [5, 5.41) is 7.95. The molecule has 0 saturated carbocycles. The molecule has 1 aromatic heterocycles. The molecule has 28 heavy (non-hydrogen) atoms. The zero-order chi connectivity index (χ0) is 20.7. The molecule has 2 N–H and O–H groups in total. The summed E-state index contributed by atoms with van der Waals surface area (Å²) in [6.45, 7) is 6.01. The fraction of sp³-hybridized carbons (Fsp3) is 0.450. The van der Waals surface area contributed by atoms with Crippen molar-refractivity contribution in [2.45, 2.75) is 33.6 Å². The van der Waals surface area contributed by atoms with Crippen molar-refractivity contribution in [2.75, 3.05) is 26.1 Å². The minimum Gasteiger partial charge on any atom is -0.493 e. The lowest BCUT2D eigenvalue weighted by atomic mass is 9.96. The Hall–Kier alpha value is -2.61. The number of benzene rings is 1. The molecule has 0 unspecified atom stereocenters. The Morgan fingerprint density at radius 3 is 2.50 bits per heavy atom. The molecule has 0 spiro atoms. The molecule has 0 saturated heterocycles. The van der Waals surface area contributed by atoms with E-state index in [4.69, 9.17) is 9.47 Å². The van der Waals surface area contributed by atoms with E-state index in [0.717, 1.165) is 5.56 Å². The molecule has 2 aromatic rings. The monoisotopic (exact) mass is 405 g/mol. The molecular formula is C20H27N3O4S. The van der Waals surface area contributed by atoms with E-state index >= 15 is 0 Å². The van der Waals surface area contributed by atoms with Gasteiger partial charge in [-0.25, -0.2) is 4.98 Å². The summed E-state index contributed by atoms with van der Waals surface area (Å²) in [6, 6.07) is 5.69. The standard InChI is InChI=1S/C20H27N3O4S/c1-20(2,3)18(25)23-19-22-14(12-28-19)11-17(24)21-9-8-13-6-7-15(26-4)16(10-13)27-5/h6-7,10,12H,8-9,11H2,1-5H3,(H,21,24)(H,22,23,25). The Bertz CT molecular complexity index is 827. The van der Waals surface area contributed by atoms with Gasteiger partial charge in [0.2, 0.25) is 11.8 Å². The molecule has 0 bridgehead atoms. The van der Waals surface area contributed by atoms with Gasteiger partial charge in [-0.05, 0) is 24.1 Å². The second-order valence-electron chi connectivity index (χ2n) is 7.31. The number of nitrogens with zero attached hydrogens (tertiary/aromatic N) is 1. The van der Waals surface area contributed by atoms with Crippen molar-refractivity contribution in [3.63, 3.8) is 0 Å². The highest BCUT2D eigenvalue weighted by atomic mass is 32.1. The predicted molar refractivity (Wildman–Crippen MR) is 110 cm³/mol. The van der Waals surface area contributed by atoms with Crippen LogP contribution < -0.4 is 20.1 Å². The first-order valence-electron chi connectivity index (χ1n) is 8.96. The van der Waals surface area contributed by atoms with E-state index in [2.05, 4.69) is 15.6 Å². The Morgan fingerprint density at radius 1 is 1.14 bits per heavy atom. The van der Waals surface area contributed by atoms with Gasteiger partial charge in [0.1, 0.15) is 0 Å². The van der Waals surface area contributed by atoms with Gasteiger partial charge in [-0.3, -0.25) is 9.59 Å². The van der Waals surface area contributed by atoms with Crippen LogP contribution in [-0.2, 0) is 22.4 Å². The summed E-state index contributed by atoms with van der Waals surface area (Å²) < 4.78 is 10.5. The van der Waals surface area contributed by atoms with Crippen LogP contribution in [0.15, 0.2) is 23.6 Å². The zero-order valence-electron chi connectivity index (χ0n) is 16.9. The fourth-order valence-corrected chi connectivity index (χ4v) is 3.04. The first kappa shape index (κ1) is 21.7. The molecule has 1 aromatic carbocycles. The molecule has 7 nitrogen and oxygen atoms in total. The Morgan fingerprint density at radius 2 is 1.86 bits per heavy atom. The maximum Gasteiger partial charge on any atom is 0.231 e. The number of carbonyl (C=O) groups excluding carboxylic acids is 2. The van der Waals surface area contributed by atoms with Gasteiger partial charge in [-0.15, -0.1) is 11.3 Å². The number of thiazole rings is 1. The van der Waals surface area contributed by atoms with Crippen LogP contribution >= 0.6 is 11.3 Å². The van der Waals surface area contributed by atoms with Gasteiger partial charge in [0, 0.05) is 17.3 Å². The van der Waals surface area contributed by atoms with Crippen molar-refractivity contribution >= 4 is 28.3 Å². The first-order valence-corrected chi connectivity index (χ1v) is 9.84. The number of hydrogen-bond acceptors (Lipinski definition) is 6. The molecule has 0 fully saturated rings. The fourth-order valence-electron chi connectivity index (χ4n) is 2.34. The van der Waals surface area contributed by atoms with Gasteiger partial charge in [0.05, 0.1) is 26.3 Å². The quantitative estimate of drug-likeness (QED) is 0.705. The van der Waals surface area contributed by atoms with E-state index in [1.807, 2.05) is 39.0 Å². The Kier molecular flexibility index (Phi) is 7.39. The molecule has 0 aliphatic rings. The van der Waals surface area contributed by atoms with E-state index < -0.39 is 5.41 Å². The molecular weight excluding hydrogens is 378 g/mol. The number of hydrogen-bond donors (Lipinski definition) is 2. The lowest BCUT2D eigenvalue weighted by molar-refractivity contribution is -0.123.